The SMILES string of the molecule is Cc1nnc(CN=C(NCCc2cccs2)NCC(=O)N2CCCC2)n1C. The Labute approximate surface area is 163 Å². The third kappa shape index (κ3) is 5.53. The quantitative estimate of drug-likeness (QED) is 0.547. The molecule has 0 radical (unpaired) electrons. The molecule has 8 nitrogen and oxygen atoms in total. The van der Waals surface area contributed by atoms with Crippen LogP contribution in [-0.4, -0.2) is 57.7 Å². The highest BCUT2D eigenvalue weighted by Gasteiger charge is 2.17. The Balaban J connectivity index is 1.57. The van der Waals surface area contributed by atoms with Crippen LogP contribution in [0.15, 0.2) is 22.5 Å². The lowest BCUT2D eigenvalue weighted by molar-refractivity contribution is -0.128. The summed E-state index contributed by atoms with van der Waals surface area (Å²) in [6.45, 7) is 5.04. The second kappa shape index (κ2) is 9.50. The lowest BCUT2D eigenvalue weighted by Crippen LogP contribution is -2.44. The van der Waals surface area contributed by atoms with Crippen molar-refractivity contribution < 1.29 is 4.79 Å². The lowest BCUT2D eigenvalue weighted by atomic mass is 10.3. The predicted molar refractivity (Wildman–Crippen MR) is 107 cm³/mol. The molecule has 0 unspecified atom stereocenters. The standard InChI is InChI=1S/C18H27N7OS/c1-14-22-23-16(24(14)2)12-20-18(19-8-7-15-6-5-11-27-15)21-13-17(26)25-9-3-4-10-25/h5-6,11H,3-4,7-10,12-13H2,1-2H3,(H2,19,20,21). The topological polar surface area (TPSA) is 87.4 Å². The molecule has 2 aromatic rings. The summed E-state index contributed by atoms with van der Waals surface area (Å²) in [5.41, 5.74) is 0. The van der Waals surface area contributed by atoms with E-state index in [1.165, 1.54) is 4.88 Å². The first-order valence-electron chi connectivity index (χ1n) is 9.30. The van der Waals surface area contributed by atoms with E-state index in [2.05, 4.69) is 43.3 Å². The second-order valence-electron chi connectivity index (χ2n) is 6.58. The molecular formula is C18H27N7OS. The number of nitrogens with zero attached hydrogens (tertiary/aromatic N) is 5. The highest BCUT2D eigenvalue weighted by atomic mass is 32.1. The average molecular weight is 390 g/mol. The Hall–Kier alpha value is -2.42. The first kappa shape index (κ1) is 19.3. The number of guanidine groups is 1. The van der Waals surface area contributed by atoms with Crippen LogP contribution in [0, 0.1) is 6.92 Å². The summed E-state index contributed by atoms with van der Waals surface area (Å²) in [5, 5.41) is 16.8. The number of hydrogen-bond acceptors (Lipinski definition) is 5. The average Bonchev–Trinajstić information content (AvgIpc) is 3.42. The summed E-state index contributed by atoms with van der Waals surface area (Å²) in [7, 11) is 1.93. The molecule has 1 saturated heterocycles. The fourth-order valence-electron chi connectivity index (χ4n) is 2.91. The van der Waals surface area contributed by atoms with Crippen LogP contribution in [0.4, 0.5) is 0 Å². The Morgan fingerprint density at radius 1 is 1.30 bits per heavy atom. The third-order valence-electron chi connectivity index (χ3n) is 4.67. The number of rotatable bonds is 7. The van der Waals surface area contributed by atoms with Gasteiger partial charge in [0, 0.05) is 31.6 Å². The molecule has 2 N–H and O–H groups in total. The summed E-state index contributed by atoms with van der Waals surface area (Å²) in [6.07, 6.45) is 3.11. The first-order chi connectivity index (χ1) is 13.1. The number of carbonyl (C=O) groups excluding carboxylic acids is 1. The molecule has 1 amide bonds. The summed E-state index contributed by atoms with van der Waals surface area (Å²) in [5.74, 6) is 2.39. The third-order valence-corrected chi connectivity index (χ3v) is 5.61. The van der Waals surface area contributed by atoms with Crippen LogP contribution in [0.2, 0.25) is 0 Å². The largest absolute Gasteiger partial charge is 0.356 e. The minimum absolute atomic E-state index is 0.120. The van der Waals surface area contributed by atoms with Gasteiger partial charge in [0.2, 0.25) is 5.91 Å². The van der Waals surface area contributed by atoms with Gasteiger partial charge in [-0.1, -0.05) is 6.07 Å². The van der Waals surface area contributed by atoms with Gasteiger partial charge < -0.3 is 20.1 Å². The van der Waals surface area contributed by atoms with Gasteiger partial charge in [0.1, 0.15) is 12.4 Å². The van der Waals surface area contributed by atoms with Crippen molar-refractivity contribution in [3.8, 4) is 0 Å². The molecule has 1 fully saturated rings. The fourth-order valence-corrected chi connectivity index (χ4v) is 3.62. The molecule has 0 aliphatic carbocycles. The number of aromatic nitrogens is 3. The van der Waals surface area contributed by atoms with E-state index in [0.29, 0.717) is 12.5 Å². The Morgan fingerprint density at radius 2 is 2.11 bits per heavy atom. The van der Waals surface area contributed by atoms with E-state index >= 15 is 0 Å². The number of thiophene rings is 1. The van der Waals surface area contributed by atoms with Gasteiger partial charge in [-0.05, 0) is 37.6 Å². The summed E-state index contributed by atoms with van der Waals surface area (Å²) < 4.78 is 1.92. The molecule has 0 aromatic carbocycles. The van der Waals surface area contributed by atoms with Gasteiger partial charge in [-0.25, -0.2) is 4.99 Å². The summed E-state index contributed by atoms with van der Waals surface area (Å²) >= 11 is 1.74. The number of aliphatic imine (C=N–C) groups is 1. The van der Waals surface area contributed by atoms with E-state index in [1.807, 2.05) is 23.4 Å². The number of amides is 1. The lowest BCUT2D eigenvalue weighted by Gasteiger charge is -2.17. The smallest absolute Gasteiger partial charge is 0.241 e. The molecule has 146 valence electrons. The van der Waals surface area contributed by atoms with Crippen molar-refractivity contribution in [3.63, 3.8) is 0 Å². The molecule has 9 heteroatoms. The molecule has 1 aliphatic rings. The zero-order valence-electron chi connectivity index (χ0n) is 15.9. The minimum atomic E-state index is 0.120. The van der Waals surface area contributed by atoms with E-state index in [9.17, 15) is 4.79 Å². The number of hydrogen-bond donors (Lipinski definition) is 2. The van der Waals surface area contributed by atoms with Gasteiger partial charge >= 0.3 is 0 Å². The van der Waals surface area contributed by atoms with Gasteiger partial charge in [0.05, 0.1) is 6.54 Å². The monoisotopic (exact) mass is 389 g/mol. The van der Waals surface area contributed by atoms with E-state index in [-0.39, 0.29) is 12.5 Å². The minimum Gasteiger partial charge on any atom is -0.356 e. The molecule has 2 aromatic heterocycles. The number of likely N-dealkylation sites (tertiary alicyclic amines) is 1. The van der Waals surface area contributed by atoms with Gasteiger partial charge in [-0.2, -0.15) is 0 Å². The molecule has 0 spiro atoms. The maximum Gasteiger partial charge on any atom is 0.241 e. The van der Waals surface area contributed by atoms with Crippen molar-refractivity contribution in [2.24, 2.45) is 12.0 Å². The summed E-state index contributed by atoms with van der Waals surface area (Å²) in [6, 6.07) is 4.17. The second-order valence-corrected chi connectivity index (χ2v) is 7.62. The van der Waals surface area contributed by atoms with Crippen LogP contribution in [0.3, 0.4) is 0 Å². The van der Waals surface area contributed by atoms with Crippen LogP contribution >= 0.6 is 11.3 Å². The summed E-state index contributed by atoms with van der Waals surface area (Å²) in [4.78, 5) is 20.1. The highest BCUT2D eigenvalue weighted by molar-refractivity contribution is 7.09. The maximum absolute atomic E-state index is 12.3. The molecule has 3 heterocycles. The zero-order valence-corrected chi connectivity index (χ0v) is 16.8. The molecular weight excluding hydrogens is 362 g/mol. The van der Waals surface area contributed by atoms with Crippen molar-refractivity contribution in [1.82, 2.24) is 30.3 Å². The van der Waals surface area contributed by atoms with Crippen LogP contribution in [-0.2, 0) is 24.8 Å². The molecule has 0 bridgehead atoms. The Kier molecular flexibility index (Phi) is 6.80. The van der Waals surface area contributed by atoms with Crippen LogP contribution < -0.4 is 10.6 Å². The fraction of sp³-hybridized carbons (Fsp3) is 0.556. The molecule has 3 rings (SSSR count). The molecule has 0 saturated carbocycles. The predicted octanol–water partition coefficient (Wildman–Crippen LogP) is 1.09. The zero-order chi connectivity index (χ0) is 19.1. The number of nitrogens with one attached hydrogen (secondary N) is 2. The van der Waals surface area contributed by atoms with Crippen molar-refractivity contribution >= 4 is 23.2 Å². The van der Waals surface area contributed by atoms with E-state index in [4.69, 9.17) is 0 Å². The number of aryl methyl sites for hydroxylation is 1. The van der Waals surface area contributed by atoms with Gasteiger partial charge in [-0.15, -0.1) is 21.5 Å². The van der Waals surface area contributed by atoms with Crippen molar-refractivity contribution in [2.75, 3.05) is 26.2 Å². The van der Waals surface area contributed by atoms with Crippen molar-refractivity contribution in [1.29, 1.82) is 0 Å². The highest BCUT2D eigenvalue weighted by Crippen LogP contribution is 2.08. The van der Waals surface area contributed by atoms with Crippen LogP contribution in [0.5, 0.6) is 0 Å². The van der Waals surface area contributed by atoms with Gasteiger partial charge in [0.15, 0.2) is 11.8 Å². The van der Waals surface area contributed by atoms with E-state index in [0.717, 1.165) is 50.5 Å². The normalized spacial score (nSPS) is 14.6. The van der Waals surface area contributed by atoms with Crippen LogP contribution in [0.1, 0.15) is 29.4 Å². The van der Waals surface area contributed by atoms with E-state index in [1.54, 1.807) is 11.3 Å². The van der Waals surface area contributed by atoms with Gasteiger partial charge in [0.25, 0.3) is 0 Å². The Bertz CT molecular complexity index is 763. The molecule has 0 atom stereocenters. The van der Waals surface area contributed by atoms with Crippen molar-refractivity contribution in [2.45, 2.75) is 32.7 Å². The van der Waals surface area contributed by atoms with Gasteiger partial charge in [-0.3, -0.25) is 4.79 Å². The van der Waals surface area contributed by atoms with Crippen molar-refractivity contribution in [3.05, 3.63) is 34.0 Å². The molecule has 1 aliphatic heterocycles. The molecule has 27 heavy (non-hydrogen) atoms. The van der Waals surface area contributed by atoms with E-state index < -0.39 is 0 Å². The maximum atomic E-state index is 12.3. The Morgan fingerprint density at radius 3 is 2.78 bits per heavy atom. The number of carbonyl (C=O) groups is 1. The van der Waals surface area contributed by atoms with Crippen LogP contribution in [0.25, 0.3) is 0 Å². The first-order valence-corrected chi connectivity index (χ1v) is 10.2.